The van der Waals surface area contributed by atoms with Crippen molar-refractivity contribution < 1.29 is 43.4 Å². The summed E-state index contributed by atoms with van der Waals surface area (Å²) in [7, 11) is 0. The molecule has 0 radical (unpaired) electrons. The molecule has 0 bridgehead atoms. The fourth-order valence-corrected chi connectivity index (χ4v) is 0. The van der Waals surface area contributed by atoms with Crippen molar-refractivity contribution in [2.24, 2.45) is 0 Å². The van der Waals surface area contributed by atoms with E-state index in [9.17, 15) is 0 Å². The molecule has 8 heavy (non-hydrogen) atoms. The number of hydrogen-bond acceptors (Lipinski definition) is 7. The molecule has 0 aliphatic rings. The average molecular weight is 167 g/mol. The van der Waals surface area contributed by atoms with E-state index in [0.717, 1.165) is 0 Å². The summed E-state index contributed by atoms with van der Waals surface area (Å²) in [6.45, 7) is 0. The normalized spacial score (nSPS) is 8.25. The van der Waals surface area contributed by atoms with Crippen molar-refractivity contribution in [3.63, 3.8) is 0 Å². The van der Waals surface area contributed by atoms with Crippen LogP contribution in [0, 0.1) is 0 Å². The molecular formula is H9NO6Ti. The van der Waals surface area contributed by atoms with Crippen LogP contribution >= 0.6 is 0 Å². The van der Waals surface area contributed by atoms with E-state index in [2.05, 4.69) is 0 Å². The van der Waals surface area contributed by atoms with Crippen LogP contribution in [-0.4, -0.2) is 25.3 Å². The van der Waals surface area contributed by atoms with Crippen LogP contribution < -0.4 is 6.15 Å². The van der Waals surface area contributed by atoms with Crippen LogP contribution in [0.15, 0.2) is 0 Å². The Bertz CT molecular complexity index is 24.0. The zero-order valence-corrected chi connectivity index (χ0v) is 5.45. The molecule has 0 aromatic heterocycles. The first-order chi connectivity index (χ1) is 3.00. The van der Waals surface area contributed by atoms with E-state index >= 15 is 0 Å². The van der Waals surface area contributed by atoms with Crippen LogP contribution in [0.5, 0.6) is 0 Å². The van der Waals surface area contributed by atoms with Gasteiger partial charge >= 0.3 is 32.9 Å². The molecule has 0 heterocycles. The van der Waals surface area contributed by atoms with Crippen molar-refractivity contribution >= 4 is 0 Å². The van der Waals surface area contributed by atoms with E-state index in [1.807, 2.05) is 0 Å². The zero-order chi connectivity index (χ0) is 6.50. The predicted octanol–water partition coefficient (Wildman–Crippen LogP) is -2.05. The van der Waals surface area contributed by atoms with E-state index in [1.54, 1.807) is 0 Å². The Kier molecular flexibility index (Phi) is 14.7. The summed E-state index contributed by atoms with van der Waals surface area (Å²) in [6.07, 6.45) is 0. The van der Waals surface area contributed by atoms with Crippen molar-refractivity contribution in [2.75, 3.05) is 0 Å². The molecule has 0 aliphatic heterocycles. The molecule has 7 nitrogen and oxygen atoms in total. The monoisotopic (exact) mass is 167 g/mol. The van der Waals surface area contributed by atoms with Gasteiger partial charge in [0.15, 0.2) is 0 Å². The quantitative estimate of drug-likeness (QED) is 0.124. The fraction of sp³-hybridized carbons (Fsp3) is 0. The Hall–Kier alpha value is 0.434. The molecule has 9 N–H and O–H groups in total. The van der Waals surface area contributed by atoms with Gasteiger partial charge in [0.25, 0.3) is 0 Å². The van der Waals surface area contributed by atoms with Gasteiger partial charge in [-0.3, -0.25) is 10.5 Å². The van der Waals surface area contributed by atoms with E-state index < -0.39 is 18.1 Å². The van der Waals surface area contributed by atoms with E-state index in [1.165, 1.54) is 0 Å². The molecule has 0 spiro atoms. The minimum atomic E-state index is -5.00. The number of rotatable bonds is 0. The van der Waals surface area contributed by atoms with Gasteiger partial charge in [-0.15, -0.1) is 0 Å². The molecular weight excluding hydrogens is 158 g/mol. The summed E-state index contributed by atoms with van der Waals surface area (Å²) >= 11 is -5.00. The molecule has 0 saturated heterocycles. The van der Waals surface area contributed by atoms with E-state index in [0.29, 0.717) is 0 Å². The van der Waals surface area contributed by atoms with E-state index in [4.69, 9.17) is 25.3 Å². The molecule has 0 amide bonds. The third kappa shape index (κ3) is 1010. The van der Waals surface area contributed by atoms with Crippen LogP contribution in [-0.2, 0) is 18.1 Å². The first kappa shape index (κ1) is 15.8. The SMILES string of the molecule is N.OO.[OH][Ti]([OH])([OH])[OH]. The van der Waals surface area contributed by atoms with Crippen molar-refractivity contribution in [3.05, 3.63) is 0 Å². The molecule has 54 valence electrons. The molecule has 0 aromatic carbocycles. The maximum atomic E-state index is 7.38. The molecule has 0 fully saturated rings. The van der Waals surface area contributed by atoms with Crippen molar-refractivity contribution in [1.82, 2.24) is 6.15 Å². The summed E-state index contributed by atoms with van der Waals surface area (Å²) in [5.41, 5.74) is 0. The first-order valence-electron chi connectivity index (χ1n) is 1.09. The molecule has 8 heteroatoms. The van der Waals surface area contributed by atoms with Gasteiger partial charge < -0.3 is 6.15 Å². The van der Waals surface area contributed by atoms with Crippen LogP contribution in [0.3, 0.4) is 0 Å². The van der Waals surface area contributed by atoms with Gasteiger partial charge in [-0.2, -0.15) is 0 Å². The predicted molar refractivity (Wildman–Crippen MR) is 19.2 cm³/mol. The Morgan fingerprint density at radius 3 is 0.750 bits per heavy atom. The van der Waals surface area contributed by atoms with Crippen LogP contribution in [0.4, 0.5) is 0 Å². The molecule has 0 unspecified atom stereocenters. The summed E-state index contributed by atoms with van der Waals surface area (Å²) in [5.74, 6) is 0. The van der Waals surface area contributed by atoms with Crippen molar-refractivity contribution in [2.45, 2.75) is 0 Å². The van der Waals surface area contributed by atoms with Gasteiger partial charge in [0.2, 0.25) is 0 Å². The Labute approximate surface area is 50.2 Å². The maximum absolute atomic E-state index is 7.38. The fourth-order valence-electron chi connectivity index (χ4n) is 0. The zero-order valence-electron chi connectivity index (χ0n) is 3.89. The average Bonchev–Trinajstić information content (AvgIpc) is 1.36. The van der Waals surface area contributed by atoms with Crippen LogP contribution in [0.1, 0.15) is 0 Å². The molecule has 0 aliphatic carbocycles. The topological polar surface area (TPSA) is 156 Å². The standard InChI is InChI=1S/H3N.H2O2.4H2O.Ti/c;1-2;;;;;/h1H3;1-2H;4*1H2;/q;;;;;;+4/p-4. The van der Waals surface area contributed by atoms with Gasteiger partial charge in [-0.05, 0) is 0 Å². The Balaban J connectivity index is -0.0000000750. The second-order valence-electron chi connectivity index (χ2n) is 0.600. The van der Waals surface area contributed by atoms with Crippen LogP contribution in [0.25, 0.3) is 0 Å². The van der Waals surface area contributed by atoms with Crippen molar-refractivity contribution in [1.29, 1.82) is 0 Å². The van der Waals surface area contributed by atoms with Gasteiger partial charge in [0, 0.05) is 0 Å². The molecule has 0 aromatic rings. The summed E-state index contributed by atoms with van der Waals surface area (Å²) in [5, 5.41) is 12.0. The van der Waals surface area contributed by atoms with Gasteiger partial charge in [-0.1, -0.05) is 0 Å². The second kappa shape index (κ2) is 7.43. The summed E-state index contributed by atoms with van der Waals surface area (Å²) in [6, 6.07) is 0. The van der Waals surface area contributed by atoms with Gasteiger partial charge in [0.1, 0.15) is 0 Å². The summed E-state index contributed by atoms with van der Waals surface area (Å²) < 4.78 is 29.5. The van der Waals surface area contributed by atoms with Crippen molar-refractivity contribution in [3.8, 4) is 0 Å². The Morgan fingerprint density at radius 1 is 0.750 bits per heavy atom. The minimum absolute atomic E-state index is 0. The number of hydrogen-bond donors (Lipinski definition) is 7. The molecule has 0 atom stereocenters. The molecule has 0 rings (SSSR count). The van der Waals surface area contributed by atoms with Gasteiger partial charge in [-0.25, -0.2) is 0 Å². The first-order valence-corrected chi connectivity index (χ1v) is 3.89. The summed E-state index contributed by atoms with van der Waals surface area (Å²) in [4.78, 5) is 0. The molecule has 0 saturated carbocycles. The second-order valence-corrected chi connectivity index (χ2v) is 2.47. The van der Waals surface area contributed by atoms with E-state index in [-0.39, 0.29) is 6.15 Å². The third-order valence-corrected chi connectivity index (χ3v) is 0. The Morgan fingerprint density at radius 2 is 0.750 bits per heavy atom. The van der Waals surface area contributed by atoms with Crippen LogP contribution in [0.2, 0.25) is 0 Å². The third-order valence-electron chi connectivity index (χ3n) is 0. The van der Waals surface area contributed by atoms with Gasteiger partial charge in [0.05, 0.1) is 0 Å².